The second-order valence-corrected chi connectivity index (χ2v) is 8.65. The summed E-state index contributed by atoms with van der Waals surface area (Å²) in [7, 11) is 0. The third kappa shape index (κ3) is 7.31. The Morgan fingerprint density at radius 2 is 0.919 bits per heavy atom. The van der Waals surface area contributed by atoms with Gasteiger partial charge in [0.1, 0.15) is 11.5 Å². The van der Waals surface area contributed by atoms with Crippen molar-refractivity contribution < 1.29 is 23.8 Å². The third-order valence-corrected chi connectivity index (χ3v) is 5.95. The average Bonchev–Trinajstić information content (AvgIpc) is 2.90. The van der Waals surface area contributed by atoms with E-state index in [0.29, 0.717) is 26.1 Å². The number of hydrogen-bond donors (Lipinski definition) is 0. The number of ether oxygens (including phenoxy) is 3. The van der Waals surface area contributed by atoms with Crippen molar-refractivity contribution in [2.45, 2.75) is 26.7 Å². The van der Waals surface area contributed by atoms with Crippen LogP contribution in [0.2, 0.25) is 0 Å². The van der Waals surface area contributed by atoms with Gasteiger partial charge in [-0.05, 0) is 57.6 Å². The lowest BCUT2D eigenvalue weighted by Gasteiger charge is -2.12. The van der Waals surface area contributed by atoms with E-state index in [2.05, 4.69) is 24.3 Å². The fraction of sp³-hybridized carbons (Fsp3) is 0.188. The van der Waals surface area contributed by atoms with Crippen LogP contribution in [-0.4, -0.2) is 25.2 Å². The van der Waals surface area contributed by atoms with Gasteiger partial charge in [-0.2, -0.15) is 0 Å². The smallest absolute Gasteiger partial charge is 0.302 e. The highest BCUT2D eigenvalue weighted by molar-refractivity contribution is 5.70. The number of rotatable bonds is 10. The number of benzene rings is 4. The quantitative estimate of drug-likeness (QED) is 0.222. The molecule has 0 aliphatic carbocycles. The Balaban J connectivity index is 1.43. The highest BCUT2D eigenvalue weighted by Gasteiger charge is 2.08. The second-order valence-electron chi connectivity index (χ2n) is 8.65. The van der Waals surface area contributed by atoms with E-state index in [4.69, 9.17) is 14.2 Å². The lowest BCUT2D eigenvalue weighted by Crippen LogP contribution is -2.04. The zero-order valence-electron chi connectivity index (χ0n) is 21.1. The van der Waals surface area contributed by atoms with E-state index in [1.807, 2.05) is 72.8 Å². The van der Waals surface area contributed by atoms with E-state index in [1.165, 1.54) is 13.8 Å². The van der Waals surface area contributed by atoms with Crippen molar-refractivity contribution in [2.24, 2.45) is 0 Å². The largest absolute Gasteiger partial charge is 0.466 e. The van der Waals surface area contributed by atoms with Gasteiger partial charge in [0.15, 0.2) is 0 Å². The molecule has 0 radical (unpaired) electrons. The van der Waals surface area contributed by atoms with Crippen LogP contribution < -0.4 is 4.74 Å². The van der Waals surface area contributed by atoms with Gasteiger partial charge in [-0.25, -0.2) is 0 Å². The van der Waals surface area contributed by atoms with Crippen LogP contribution in [0.3, 0.4) is 0 Å². The van der Waals surface area contributed by atoms with Gasteiger partial charge in [0.25, 0.3) is 0 Å². The first-order chi connectivity index (χ1) is 18.0. The van der Waals surface area contributed by atoms with Crippen LogP contribution in [0.1, 0.15) is 25.0 Å². The molecular formula is C32H30O5. The molecule has 4 aromatic carbocycles. The molecule has 188 valence electrons. The average molecular weight is 495 g/mol. The molecule has 37 heavy (non-hydrogen) atoms. The zero-order chi connectivity index (χ0) is 26.0. The van der Waals surface area contributed by atoms with Crippen molar-refractivity contribution in [1.82, 2.24) is 0 Å². The van der Waals surface area contributed by atoms with Crippen LogP contribution in [0.4, 0.5) is 0 Å². The predicted octanol–water partition coefficient (Wildman–Crippen LogP) is 7.02. The topological polar surface area (TPSA) is 61.8 Å². The summed E-state index contributed by atoms with van der Waals surface area (Å²) in [6.45, 7) is 3.57. The molecule has 0 N–H and O–H groups in total. The predicted molar refractivity (Wildman–Crippen MR) is 145 cm³/mol. The van der Waals surface area contributed by atoms with Crippen molar-refractivity contribution in [1.29, 1.82) is 0 Å². The number of hydrogen-bond acceptors (Lipinski definition) is 5. The number of esters is 2. The molecule has 5 heteroatoms. The van der Waals surface area contributed by atoms with Gasteiger partial charge in [0, 0.05) is 26.7 Å². The minimum Gasteiger partial charge on any atom is -0.466 e. The van der Waals surface area contributed by atoms with Gasteiger partial charge < -0.3 is 14.2 Å². The lowest BCUT2D eigenvalue weighted by molar-refractivity contribution is -0.141. The summed E-state index contributed by atoms with van der Waals surface area (Å²) in [5.74, 6) is 0.956. The first kappa shape index (κ1) is 25.7. The molecule has 0 saturated heterocycles. The SMILES string of the molecule is CC(=O)OCCc1ccccc1-c1ccc(Oc2ccc(-c3ccccc3CCOC(C)=O)cc2)cc1. The van der Waals surface area contributed by atoms with Gasteiger partial charge in [-0.15, -0.1) is 0 Å². The van der Waals surface area contributed by atoms with Crippen LogP contribution in [0.25, 0.3) is 22.3 Å². The van der Waals surface area contributed by atoms with Crippen LogP contribution in [0.15, 0.2) is 97.1 Å². The molecule has 0 aliphatic rings. The van der Waals surface area contributed by atoms with E-state index < -0.39 is 0 Å². The minimum absolute atomic E-state index is 0.268. The standard InChI is InChI=1S/C32H30O5/c1-23(33)35-21-19-25-7-3-5-9-31(25)27-11-15-29(16-12-27)37-30-17-13-28(14-18-30)32-10-6-4-8-26(32)20-22-36-24(2)34/h3-18H,19-22H2,1-2H3. The number of carbonyl (C=O) groups is 2. The van der Waals surface area contributed by atoms with Crippen molar-refractivity contribution >= 4 is 11.9 Å². The molecule has 4 aromatic rings. The maximum atomic E-state index is 11.1. The second kappa shape index (κ2) is 12.5. The van der Waals surface area contributed by atoms with Gasteiger partial charge in [0.2, 0.25) is 0 Å². The van der Waals surface area contributed by atoms with Gasteiger partial charge in [0.05, 0.1) is 13.2 Å². The van der Waals surface area contributed by atoms with E-state index >= 15 is 0 Å². The first-order valence-corrected chi connectivity index (χ1v) is 12.3. The molecule has 0 fully saturated rings. The van der Waals surface area contributed by atoms with E-state index in [0.717, 1.165) is 44.9 Å². The molecule has 0 unspecified atom stereocenters. The van der Waals surface area contributed by atoms with Crippen LogP contribution >= 0.6 is 0 Å². The van der Waals surface area contributed by atoms with Crippen LogP contribution in [-0.2, 0) is 31.9 Å². The molecule has 0 aromatic heterocycles. The summed E-state index contributed by atoms with van der Waals surface area (Å²) >= 11 is 0. The molecule has 0 spiro atoms. The van der Waals surface area contributed by atoms with Crippen molar-refractivity contribution in [3.8, 4) is 33.8 Å². The zero-order valence-corrected chi connectivity index (χ0v) is 21.1. The van der Waals surface area contributed by atoms with Crippen LogP contribution in [0.5, 0.6) is 11.5 Å². The molecule has 4 rings (SSSR count). The molecule has 0 bridgehead atoms. The van der Waals surface area contributed by atoms with Crippen molar-refractivity contribution in [2.75, 3.05) is 13.2 Å². The summed E-state index contributed by atoms with van der Waals surface area (Å²) in [5, 5.41) is 0. The lowest BCUT2D eigenvalue weighted by atomic mass is 9.98. The minimum atomic E-state index is -0.268. The highest BCUT2D eigenvalue weighted by atomic mass is 16.5. The normalized spacial score (nSPS) is 10.5. The fourth-order valence-electron chi connectivity index (χ4n) is 4.19. The Morgan fingerprint density at radius 3 is 1.30 bits per heavy atom. The van der Waals surface area contributed by atoms with Crippen LogP contribution in [0, 0.1) is 0 Å². The van der Waals surface area contributed by atoms with Crippen molar-refractivity contribution in [3.63, 3.8) is 0 Å². The monoisotopic (exact) mass is 494 g/mol. The summed E-state index contributed by atoms with van der Waals surface area (Å²) < 4.78 is 16.3. The third-order valence-electron chi connectivity index (χ3n) is 5.95. The maximum absolute atomic E-state index is 11.1. The van der Waals surface area contributed by atoms with E-state index in [-0.39, 0.29) is 11.9 Å². The molecule has 0 saturated carbocycles. The number of carbonyl (C=O) groups excluding carboxylic acids is 2. The molecule has 0 amide bonds. The summed E-state index contributed by atoms with van der Waals surface area (Å²) in [5.41, 5.74) is 6.62. The van der Waals surface area contributed by atoms with Crippen molar-refractivity contribution in [3.05, 3.63) is 108 Å². The molecule has 0 aliphatic heterocycles. The Labute approximate surface area is 217 Å². The highest BCUT2D eigenvalue weighted by Crippen LogP contribution is 2.30. The molecule has 5 nitrogen and oxygen atoms in total. The summed E-state index contributed by atoms with van der Waals surface area (Å²) in [6.07, 6.45) is 1.32. The Kier molecular flexibility index (Phi) is 8.71. The molecule has 0 heterocycles. The molecular weight excluding hydrogens is 464 g/mol. The summed E-state index contributed by atoms with van der Waals surface area (Å²) in [4.78, 5) is 22.2. The maximum Gasteiger partial charge on any atom is 0.302 e. The van der Waals surface area contributed by atoms with E-state index in [9.17, 15) is 9.59 Å². The fourth-order valence-corrected chi connectivity index (χ4v) is 4.19. The molecule has 0 atom stereocenters. The van der Waals surface area contributed by atoms with Gasteiger partial charge in [-0.1, -0.05) is 72.8 Å². The van der Waals surface area contributed by atoms with Gasteiger partial charge in [-0.3, -0.25) is 9.59 Å². The Bertz CT molecular complexity index is 1240. The summed E-state index contributed by atoms with van der Waals surface area (Å²) in [6, 6.07) is 32.2. The Morgan fingerprint density at radius 1 is 0.541 bits per heavy atom. The van der Waals surface area contributed by atoms with E-state index in [1.54, 1.807) is 0 Å². The Hall–Kier alpha value is -4.38. The first-order valence-electron chi connectivity index (χ1n) is 12.3. The van der Waals surface area contributed by atoms with Gasteiger partial charge >= 0.3 is 11.9 Å².